The maximum Gasteiger partial charge on any atom is 0.253 e. The van der Waals surface area contributed by atoms with Crippen LogP contribution >= 0.6 is 0 Å². The summed E-state index contributed by atoms with van der Waals surface area (Å²) < 4.78 is 0. The van der Waals surface area contributed by atoms with Crippen molar-refractivity contribution in [3.63, 3.8) is 0 Å². The van der Waals surface area contributed by atoms with Crippen molar-refractivity contribution in [1.82, 2.24) is 20.3 Å². The third kappa shape index (κ3) is 3.58. The van der Waals surface area contributed by atoms with E-state index in [1.54, 1.807) is 6.07 Å². The number of nitrogens with zero attached hydrogens (tertiary/aromatic N) is 2. The lowest BCUT2D eigenvalue weighted by Gasteiger charge is -2.05. The molecule has 5 rings (SSSR count). The van der Waals surface area contributed by atoms with Crippen molar-refractivity contribution < 1.29 is 4.79 Å². The van der Waals surface area contributed by atoms with Gasteiger partial charge in [0, 0.05) is 18.1 Å². The predicted molar refractivity (Wildman–Crippen MR) is 119 cm³/mol. The van der Waals surface area contributed by atoms with Gasteiger partial charge in [0.2, 0.25) is 5.95 Å². The van der Waals surface area contributed by atoms with E-state index in [-0.39, 0.29) is 5.91 Å². The molecule has 0 unspecified atom stereocenters. The summed E-state index contributed by atoms with van der Waals surface area (Å²) in [7, 11) is 0. The summed E-state index contributed by atoms with van der Waals surface area (Å²) in [6.45, 7) is 0.465. The fraction of sp³-hybridized carbons (Fsp3) is 0.0417. The third-order valence-electron chi connectivity index (χ3n) is 4.93. The van der Waals surface area contributed by atoms with Gasteiger partial charge in [0.25, 0.3) is 5.91 Å². The molecular weight excluding hydrogens is 374 g/mol. The minimum atomic E-state index is -0.161. The van der Waals surface area contributed by atoms with Crippen LogP contribution in [0.15, 0.2) is 85.1 Å². The third-order valence-corrected chi connectivity index (χ3v) is 4.93. The van der Waals surface area contributed by atoms with Gasteiger partial charge in [-0.3, -0.25) is 4.79 Å². The van der Waals surface area contributed by atoms with Crippen LogP contribution in [0, 0.1) is 0 Å². The molecule has 30 heavy (non-hydrogen) atoms. The summed E-state index contributed by atoms with van der Waals surface area (Å²) in [6.07, 6.45) is 1.82. The van der Waals surface area contributed by atoms with E-state index in [1.807, 2.05) is 79.0 Å². The van der Waals surface area contributed by atoms with E-state index in [2.05, 4.69) is 25.6 Å². The summed E-state index contributed by atoms with van der Waals surface area (Å²) in [5.41, 5.74) is 2.97. The van der Waals surface area contributed by atoms with Crippen LogP contribution in [0.1, 0.15) is 15.9 Å². The monoisotopic (exact) mass is 393 g/mol. The second-order valence-corrected chi connectivity index (χ2v) is 7.00. The van der Waals surface area contributed by atoms with E-state index in [0.29, 0.717) is 29.4 Å². The zero-order valence-electron chi connectivity index (χ0n) is 16.1. The largest absolute Gasteiger partial charge is 0.348 e. The van der Waals surface area contributed by atoms with Crippen LogP contribution in [0.4, 0.5) is 11.8 Å². The van der Waals surface area contributed by atoms with Gasteiger partial charge < -0.3 is 15.6 Å². The molecular formula is C24H19N5O. The maximum atomic E-state index is 12.7. The summed E-state index contributed by atoms with van der Waals surface area (Å²) in [6, 6.07) is 25.3. The highest BCUT2D eigenvalue weighted by molar-refractivity contribution is 6.05. The molecule has 0 saturated heterocycles. The number of rotatable bonds is 5. The molecule has 3 N–H and O–H groups in total. The smallest absolute Gasteiger partial charge is 0.253 e. The van der Waals surface area contributed by atoms with E-state index in [4.69, 9.17) is 0 Å². The quantitative estimate of drug-likeness (QED) is 0.401. The second kappa shape index (κ2) is 7.67. The molecule has 1 amide bonds. The molecule has 146 valence electrons. The van der Waals surface area contributed by atoms with Crippen LogP contribution in [-0.2, 0) is 6.54 Å². The zero-order chi connectivity index (χ0) is 20.3. The first-order valence-electron chi connectivity index (χ1n) is 9.69. The second-order valence-electron chi connectivity index (χ2n) is 7.00. The molecule has 2 heterocycles. The molecule has 0 aliphatic carbocycles. The molecule has 0 aliphatic heterocycles. The molecule has 0 spiro atoms. The number of imidazole rings is 1. The first-order chi connectivity index (χ1) is 14.8. The van der Waals surface area contributed by atoms with E-state index in [0.717, 1.165) is 21.9 Å². The Kier molecular flexibility index (Phi) is 4.57. The van der Waals surface area contributed by atoms with E-state index in [1.165, 1.54) is 0 Å². The Balaban J connectivity index is 1.39. The normalized spacial score (nSPS) is 10.9. The number of para-hydroxylation sites is 1. The number of aromatic nitrogens is 3. The zero-order valence-corrected chi connectivity index (χ0v) is 16.1. The van der Waals surface area contributed by atoms with Crippen LogP contribution in [-0.4, -0.2) is 20.9 Å². The summed E-state index contributed by atoms with van der Waals surface area (Å²) in [5.74, 6) is 1.06. The van der Waals surface area contributed by atoms with Crippen LogP contribution in [0.5, 0.6) is 0 Å². The number of anilines is 2. The lowest BCUT2D eigenvalue weighted by molar-refractivity contribution is 0.0952. The van der Waals surface area contributed by atoms with E-state index < -0.39 is 0 Å². The number of benzene rings is 3. The van der Waals surface area contributed by atoms with Crippen molar-refractivity contribution in [2.24, 2.45) is 0 Å². The van der Waals surface area contributed by atoms with Crippen LogP contribution < -0.4 is 10.6 Å². The SMILES string of the molecule is O=C(NCc1ccccc1)c1cccc2[nH]c(Nc3cc4ccccc4cn3)nc12. The van der Waals surface area contributed by atoms with E-state index in [9.17, 15) is 4.79 Å². The molecule has 0 bridgehead atoms. The number of fused-ring (bicyclic) bond motifs is 2. The minimum absolute atomic E-state index is 0.161. The molecule has 3 aromatic carbocycles. The summed E-state index contributed by atoms with van der Waals surface area (Å²) in [4.78, 5) is 25.0. The lowest BCUT2D eigenvalue weighted by atomic mass is 10.1. The topological polar surface area (TPSA) is 82.7 Å². The number of hydrogen-bond acceptors (Lipinski definition) is 4. The number of carbonyl (C=O) groups is 1. The van der Waals surface area contributed by atoms with Gasteiger partial charge in [-0.1, -0.05) is 60.7 Å². The average molecular weight is 393 g/mol. The van der Waals surface area contributed by atoms with Crippen LogP contribution in [0.3, 0.4) is 0 Å². The molecule has 0 radical (unpaired) electrons. The average Bonchev–Trinajstić information content (AvgIpc) is 3.20. The van der Waals surface area contributed by atoms with Crippen LogP contribution in [0.2, 0.25) is 0 Å². The van der Waals surface area contributed by atoms with Gasteiger partial charge in [0.05, 0.1) is 11.1 Å². The molecule has 0 aliphatic rings. The number of H-pyrrole nitrogens is 1. The van der Waals surface area contributed by atoms with Gasteiger partial charge >= 0.3 is 0 Å². The highest BCUT2D eigenvalue weighted by Gasteiger charge is 2.14. The van der Waals surface area contributed by atoms with Gasteiger partial charge in [0.1, 0.15) is 11.3 Å². The van der Waals surface area contributed by atoms with Gasteiger partial charge in [-0.2, -0.15) is 0 Å². The molecule has 0 saturated carbocycles. The van der Waals surface area contributed by atoms with Crippen molar-refractivity contribution in [3.8, 4) is 0 Å². The van der Waals surface area contributed by atoms with Crippen LogP contribution in [0.25, 0.3) is 21.8 Å². The Hall–Kier alpha value is -4.19. The fourth-order valence-corrected chi connectivity index (χ4v) is 3.42. The van der Waals surface area contributed by atoms with Crippen molar-refractivity contribution in [3.05, 3.63) is 96.2 Å². The molecule has 2 aromatic heterocycles. The van der Waals surface area contributed by atoms with Gasteiger partial charge in [-0.15, -0.1) is 0 Å². The summed E-state index contributed by atoms with van der Waals surface area (Å²) >= 11 is 0. The van der Waals surface area contributed by atoms with Crippen molar-refractivity contribution >= 4 is 39.5 Å². The first kappa shape index (κ1) is 17.9. The highest BCUT2D eigenvalue weighted by Crippen LogP contribution is 2.22. The van der Waals surface area contributed by atoms with Gasteiger partial charge in [0.15, 0.2) is 0 Å². The van der Waals surface area contributed by atoms with Crippen molar-refractivity contribution in [2.75, 3.05) is 5.32 Å². The number of aromatic amines is 1. The van der Waals surface area contributed by atoms with Gasteiger partial charge in [-0.05, 0) is 29.1 Å². The molecule has 6 nitrogen and oxygen atoms in total. The Morgan fingerprint density at radius 3 is 2.57 bits per heavy atom. The fourth-order valence-electron chi connectivity index (χ4n) is 3.42. The van der Waals surface area contributed by atoms with E-state index >= 15 is 0 Å². The van der Waals surface area contributed by atoms with Crippen molar-refractivity contribution in [1.29, 1.82) is 0 Å². The summed E-state index contributed by atoms with van der Waals surface area (Å²) in [5, 5.41) is 8.32. The number of nitrogens with one attached hydrogen (secondary N) is 3. The Labute approximate surface area is 173 Å². The lowest BCUT2D eigenvalue weighted by Crippen LogP contribution is -2.23. The first-order valence-corrected chi connectivity index (χ1v) is 9.69. The van der Waals surface area contributed by atoms with Gasteiger partial charge in [-0.25, -0.2) is 9.97 Å². The molecule has 0 fully saturated rings. The minimum Gasteiger partial charge on any atom is -0.348 e. The molecule has 0 atom stereocenters. The number of carbonyl (C=O) groups excluding carboxylic acids is 1. The Bertz CT molecular complexity index is 1340. The number of pyridine rings is 1. The standard InChI is InChI=1S/C24H19N5O/c30-23(26-14-16-7-2-1-3-8-16)19-11-6-12-20-22(19)29-24(27-20)28-21-13-17-9-4-5-10-18(17)15-25-21/h1-13,15H,14H2,(H,26,30)(H2,25,27,28,29). The number of amides is 1. The van der Waals surface area contributed by atoms with Crippen molar-refractivity contribution in [2.45, 2.75) is 6.54 Å². The highest BCUT2D eigenvalue weighted by atomic mass is 16.1. The predicted octanol–water partition coefficient (Wildman–Crippen LogP) is 4.78. The Morgan fingerprint density at radius 1 is 0.900 bits per heavy atom. The molecule has 6 heteroatoms. The maximum absolute atomic E-state index is 12.7. The number of hydrogen-bond donors (Lipinski definition) is 3. The molecule has 5 aromatic rings. The Morgan fingerprint density at radius 2 is 1.70 bits per heavy atom.